The van der Waals surface area contributed by atoms with Crippen LogP contribution in [-0.2, 0) is 29.1 Å². The first-order valence-electron chi connectivity index (χ1n) is 10.7. The van der Waals surface area contributed by atoms with Gasteiger partial charge in [0, 0.05) is 29.9 Å². The summed E-state index contributed by atoms with van der Waals surface area (Å²) < 4.78 is 25.2. The van der Waals surface area contributed by atoms with Crippen molar-refractivity contribution in [2.45, 2.75) is 32.5 Å². The zero-order valence-electron chi connectivity index (χ0n) is 18.5. The maximum Gasteiger partial charge on any atom is 0.263 e. The Labute approximate surface area is 191 Å². The minimum absolute atomic E-state index is 0.130. The maximum absolute atomic E-state index is 14.2. The first kappa shape index (κ1) is 22.3. The van der Waals surface area contributed by atoms with Gasteiger partial charge in [-0.05, 0) is 48.9 Å². The molecule has 0 bridgehead atoms. The number of rotatable bonds is 6. The second-order valence-electron chi connectivity index (χ2n) is 7.94. The molecule has 1 heterocycles. The van der Waals surface area contributed by atoms with Crippen molar-refractivity contribution >= 4 is 17.5 Å². The molecule has 1 atom stereocenters. The van der Waals surface area contributed by atoms with E-state index in [2.05, 4.69) is 5.32 Å². The van der Waals surface area contributed by atoms with E-state index in [9.17, 15) is 14.0 Å². The molecule has 0 unspecified atom stereocenters. The number of nitrogens with one attached hydrogen (secondary N) is 1. The predicted molar refractivity (Wildman–Crippen MR) is 123 cm³/mol. The molecule has 0 radical (unpaired) electrons. The molecule has 4 rings (SSSR count). The second-order valence-corrected chi connectivity index (χ2v) is 7.94. The van der Waals surface area contributed by atoms with Gasteiger partial charge < -0.3 is 19.7 Å². The molecule has 1 aliphatic rings. The summed E-state index contributed by atoms with van der Waals surface area (Å²) in [5.74, 6) is 0.499. The Morgan fingerprint density at radius 2 is 1.97 bits per heavy atom. The standard InChI is InChI=1S/C26H25FN2O4/c1-17-26(31)29(15-19-7-3-4-9-23(19)27)16-20-14-21(10-11-24(20)33-17)28-25(30)13-18-6-5-8-22(12-18)32-2/h3-12,14,17H,13,15-16H2,1-2H3,(H,28,30)/t17-/m1/s1. The van der Waals surface area contributed by atoms with Crippen LogP contribution in [0.15, 0.2) is 66.7 Å². The van der Waals surface area contributed by atoms with E-state index >= 15 is 0 Å². The van der Waals surface area contributed by atoms with Crippen molar-refractivity contribution < 1.29 is 23.5 Å². The quantitative estimate of drug-likeness (QED) is 0.610. The molecule has 0 spiro atoms. The largest absolute Gasteiger partial charge is 0.497 e. The van der Waals surface area contributed by atoms with Gasteiger partial charge in [0.05, 0.1) is 13.5 Å². The first-order valence-corrected chi connectivity index (χ1v) is 10.7. The van der Waals surface area contributed by atoms with Crippen molar-refractivity contribution in [1.82, 2.24) is 4.90 Å². The number of benzene rings is 3. The van der Waals surface area contributed by atoms with E-state index < -0.39 is 6.10 Å². The molecule has 3 aromatic rings. The lowest BCUT2D eigenvalue weighted by Gasteiger charge is -2.22. The molecule has 0 saturated carbocycles. The lowest BCUT2D eigenvalue weighted by Crippen LogP contribution is -2.37. The van der Waals surface area contributed by atoms with Crippen LogP contribution in [0.1, 0.15) is 23.6 Å². The van der Waals surface area contributed by atoms with Gasteiger partial charge in [-0.3, -0.25) is 9.59 Å². The summed E-state index contributed by atoms with van der Waals surface area (Å²) in [6, 6.07) is 19.0. The average molecular weight is 448 g/mol. The molecule has 0 aromatic heterocycles. The zero-order chi connectivity index (χ0) is 23.4. The molecule has 6 nitrogen and oxygen atoms in total. The van der Waals surface area contributed by atoms with Crippen molar-refractivity contribution in [3.8, 4) is 11.5 Å². The van der Waals surface area contributed by atoms with Gasteiger partial charge >= 0.3 is 0 Å². The number of anilines is 1. The molecule has 7 heteroatoms. The van der Waals surface area contributed by atoms with Crippen LogP contribution in [0.25, 0.3) is 0 Å². The smallest absolute Gasteiger partial charge is 0.263 e. The summed E-state index contributed by atoms with van der Waals surface area (Å²) in [6.45, 7) is 2.05. The third kappa shape index (κ3) is 5.31. The van der Waals surface area contributed by atoms with Crippen molar-refractivity contribution in [2.75, 3.05) is 12.4 Å². The summed E-state index contributed by atoms with van der Waals surface area (Å²) in [7, 11) is 1.58. The lowest BCUT2D eigenvalue weighted by atomic mass is 10.1. The Kier molecular flexibility index (Phi) is 6.58. The number of carbonyl (C=O) groups is 2. The first-order chi connectivity index (χ1) is 15.9. The number of fused-ring (bicyclic) bond motifs is 1. The van der Waals surface area contributed by atoms with E-state index in [-0.39, 0.29) is 37.1 Å². The van der Waals surface area contributed by atoms with Crippen LogP contribution in [0.2, 0.25) is 0 Å². The molecule has 170 valence electrons. The fourth-order valence-corrected chi connectivity index (χ4v) is 3.82. The lowest BCUT2D eigenvalue weighted by molar-refractivity contribution is -0.138. The summed E-state index contributed by atoms with van der Waals surface area (Å²) >= 11 is 0. The van der Waals surface area contributed by atoms with Crippen LogP contribution in [0.4, 0.5) is 10.1 Å². The van der Waals surface area contributed by atoms with Crippen molar-refractivity contribution in [1.29, 1.82) is 0 Å². The molecule has 3 aromatic carbocycles. The van der Waals surface area contributed by atoms with E-state index in [1.165, 1.54) is 6.07 Å². The van der Waals surface area contributed by atoms with Crippen LogP contribution in [0.5, 0.6) is 11.5 Å². The fourth-order valence-electron chi connectivity index (χ4n) is 3.82. The highest BCUT2D eigenvalue weighted by Gasteiger charge is 2.28. The van der Waals surface area contributed by atoms with E-state index in [1.807, 2.05) is 24.3 Å². The highest BCUT2D eigenvalue weighted by Crippen LogP contribution is 2.29. The van der Waals surface area contributed by atoms with Gasteiger partial charge in [0.15, 0.2) is 6.10 Å². The maximum atomic E-state index is 14.2. The third-order valence-corrected chi connectivity index (χ3v) is 5.49. The Morgan fingerprint density at radius 3 is 2.76 bits per heavy atom. The van der Waals surface area contributed by atoms with Crippen LogP contribution < -0.4 is 14.8 Å². The summed E-state index contributed by atoms with van der Waals surface area (Å²) in [4.78, 5) is 27.0. The molecule has 33 heavy (non-hydrogen) atoms. The van der Waals surface area contributed by atoms with Crippen molar-refractivity contribution in [3.05, 3.63) is 89.2 Å². The Morgan fingerprint density at radius 1 is 1.15 bits per heavy atom. The third-order valence-electron chi connectivity index (χ3n) is 5.49. The molecule has 0 fully saturated rings. The van der Waals surface area contributed by atoms with Crippen molar-refractivity contribution in [2.24, 2.45) is 0 Å². The molecule has 1 aliphatic heterocycles. The van der Waals surface area contributed by atoms with Gasteiger partial charge in [0.2, 0.25) is 5.91 Å². The summed E-state index contributed by atoms with van der Waals surface area (Å²) in [5.41, 5.74) is 2.60. The molecule has 0 aliphatic carbocycles. The normalized spacial score (nSPS) is 15.3. The molecule has 2 amide bonds. The number of nitrogens with zero attached hydrogens (tertiary/aromatic N) is 1. The zero-order valence-corrected chi connectivity index (χ0v) is 18.5. The topological polar surface area (TPSA) is 67.9 Å². The number of halogens is 1. The number of carbonyl (C=O) groups excluding carboxylic acids is 2. The number of hydrogen-bond donors (Lipinski definition) is 1. The SMILES string of the molecule is COc1cccc(CC(=O)Nc2ccc3c(c2)CN(Cc2ccccc2F)C(=O)[C@@H](C)O3)c1. The van der Waals surface area contributed by atoms with E-state index in [1.54, 1.807) is 55.3 Å². The van der Waals surface area contributed by atoms with Crippen LogP contribution >= 0.6 is 0 Å². The number of hydrogen-bond acceptors (Lipinski definition) is 4. The molecular weight excluding hydrogens is 423 g/mol. The molecular formula is C26H25FN2O4. The Bertz CT molecular complexity index is 1180. The molecule has 0 saturated heterocycles. The summed E-state index contributed by atoms with van der Waals surface area (Å²) in [5, 5.41) is 2.90. The van der Waals surface area contributed by atoms with Gasteiger partial charge in [-0.15, -0.1) is 0 Å². The highest BCUT2D eigenvalue weighted by molar-refractivity contribution is 5.92. The van der Waals surface area contributed by atoms with Crippen LogP contribution in [0.3, 0.4) is 0 Å². The number of amides is 2. The van der Waals surface area contributed by atoms with Gasteiger partial charge in [0.1, 0.15) is 17.3 Å². The average Bonchev–Trinajstić information content (AvgIpc) is 2.91. The van der Waals surface area contributed by atoms with Gasteiger partial charge in [0.25, 0.3) is 5.91 Å². The monoisotopic (exact) mass is 448 g/mol. The number of ether oxygens (including phenoxy) is 2. The Hall–Kier alpha value is -3.87. The predicted octanol–water partition coefficient (Wildman–Crippen LogP) is 4.33. The van der Waals surface area contributed by atoms with E-state index in [0.717, 1.165) is 11.1 Å². The highest BCUT2D eigenvalue weighted by atomic mass is 19.1. The van der Waals surface area contributed by atoms with Gasteiger partial charge in [-0.25, -0.2) is 4.39 Å². The van der Waals surface area contributed by atoms with Crippen LogP contribution in [0, 0.1) is 5.82 Å². The number of methoxy groups -OCH3 is 1. The van der Waals surface area contributed by atoms with Gasteiger partial charge in [-0.1, -0.05) is 30.3 Å². The van der Waals surface area contributed by atoms with Crippen molar-refractivity contribution in [3.63, 3.8) is 0 Å². The Balaban J connectivity index is 1.51. The minimum atomic E-state index is -0.702. The van der Waals surface area contributed by atoms with Crippen LogP contribution in [-0.4, -0.2) is 29.9 Å². The second kappa shape index (κ2) is 9.73. The van der Waals surface area contributed by atoms with E-state index in [4.69, 9.17) is 9.47 Å². The fraction of sp³-hybridized carbons (Fsp3) is 0.231. The summed E-state index contributed by atoms with van der Waals surface area (Å²) in [6.07, 6.45) is -0.508. The van der Waals surface area contributed by atoms with E-state index in [0.29, 0.717) is 22.7 Å². The molecule has 1 N–H and O–H groups in total. The van der Waals surface area contributed by atoms with Gasteiger partial charge in [-0.2, -0.15) is 0 Å². The minimum Gasteiger partial charge on any atom is -0.497 e.